The summed E-state index contributed by atoms with van der Waals surface area (Å²) in [5, 5.41) is 21.1. The van der Waals surface area contributed by atoms with Crippen LogP contribution in [0.4, 0.5) is 4.79 Å². The summed E-state index contributed by atoms with van der Waals surface area (Å²) in [5.41, 5.74) is 5.27. The normalized spacial score (nSPS) is 29.0. The van der Waals surface area contributed by atoms with Gasteiger partial charge in [0.05, 0.1) is 18.2 Å². The molecule has 2 aliphatic carbocycles. The van der Waals surface area contributed by atoms with E-state index in [9.17, 15) is 23.9 Å². The van der Waals surface area contributed by atoms with Crippen LogP contribution in [0.1, 0.15) is 88.0 Å². The molecular formula is C31H50N6O5S2. The van der Waals surface area contributed by atoms with E-state index in [1.165, 1.54) is 0 Å². The SMILES string of the molecule is CC(C)(C)OC(=O)N[C@@H](CSC(C)(C)C)C(=O)N1[C@H](C#N)C[C@@H]2C[C@@H]21.CC(C)(C)S(=O)C[C@H](N)C(=O)N1[C@H](C#N)C[C@@H]2C[C@@H]21. The van der Waals surface area contributed by atoms with Crippen LogP contribution in [0, 0.1) is 34.5 Å². The molecule has 0 bridgehead atoms. The fourth-order valence-corrected chi connectivity index (χ4v) is 7.45. The third-order valence-electron chi connectivity index (χ3n) is 8.02. The van der Waals surface area contributed by atoms with Gasteiger partial charge in [0.15, 0.2) is 0 Å². The molecule has 11 nitrogen and oxygen atoms in total. The van der Waals surface area contributed by atoms with E-state index in [0.717, 1.165) is 25.7 Å². The van der Waals surface area contributed by atoms with Gasteiger partial charge < -0.3 is 25.6 Å². The van der Waals surface area contributed by atoms with Crippen LogP contribution < -0.4 is 11.1 Å². The number of carbonyl (C=O) groups is 3. The van der Waals surface area contributed by atoms with Crippen LogP contribution in [0.15, 0.2) is 0 Å². The lowest BCUT2D eigenvalue weighted by Gasteiger charge is -2.30. The van der Waals surface area contributed by atoms with E-state index >= 15 is 0 Å². The van der Waals surface area contributed by atoms with Gasteiger partial charge in [-0.15, -0.1) is 0 Å². The van der Waals surface area contributed by atoms with Gasteiger partial charge in [-0.1, -0.05) is 20.8 Å². The fraction of sp³-hybridized carbons (Fsp3) is 0.839. The molecule has 1 unspecified atom stereocenters. The Kier molecular flexibility index (Phi) is 11.1. The zero-order valence-electron chi connectivity index (χ0n) is 27.6. The van der Waals surface area contributed by atoms with Gasteiger partial charge in [0.2, 0.25) is 11.8 Å². The summed E-state index contributed by atoms with van der Waals surface area (Å²) in [4.78, 5) is 40.9. The van der Waals surface area contributed by atoms with Crippen LogP contribution in [-0.4, -0.2) is 94.8 Å². The monoisotopic (exact) mass is 650 g/mol. The largest absolute Gasteiger partial charge is 0.444 e. The summed E-state index contributed by atoms with van der Waals surface area (Å²) in [6.07, 6.45) is 2.87. The Morgan fingerprint density at radius 3 is 1.80 bits per heavy atom. The second kappa shape index (κ2) is 13.6. The molecule has 0 aromatic rings. The second-order valence-electron chi connectivity index (χ2n) is 15.2. The summed E-state index contributed by atoms with van der Waals surface area (Å²) in [7, 11) is -1.15. The number of nitrogens with zero attached hydrogens (tertiary/aromatic N) is 4. The van der Waals surface area contributed by atoms with Gasteiger partial charge >= 0.3 is 6.09 Å². The molecule has 4 fully saturated rings. The molecule has 246 valence electrons. The molecule has 44 heavy (non-hydrogen) atoms. The number of thioether (sulfide) groups is 1. The minimum atomic E-state index is -1.15. The molecule has 9 atom stereocenters. The Bertz CT molecular complexity index is 1210. The van der Waals surface area contributed by atoms with Crippen molar-refractivity contribution in [1.82, 2.24) is 15.1 Å². The highest BCUT2D eigenvalue weighted by atomic mass is 32.2. The molecule has 0 radical (unpaired) electrons. The van der Waals surface area contributed by atoms with E-state index in [1.807, 2.05) is 20.8 Å². The zero-order chi connectivity index (χ0) is 33.4. The van der Waals surface area contributed by atoms with Crippen molar-refractivity contribution in [3.05, 3.63) is 0 Å². The Hall–Kier alpha value is -2.35. The highest BCUT2D eigenvalue weighted by Crippen LogP contribution is 2.48. The van der Waals surface area contributed by atoms with Crippen LogP contribution in [0.3, 0.4) is 0 Å². The standard InChI is InChI=1S/C18H29N3O3S.C13H21N3O2S/c1-17(2,3)24-16(23)20-13(10-25-18(4,5)6)15(22)21-12(9-19)7-11-8-14(11)21;1-13(2,3)19(18)7-10(15)12(17)16-9(6-14)4-8-5-11(8)16/h11-14H,7-8,10H2,1-6H3,(H,20,23);8-11H,4-5,7,15H2,1-3H3/t11-,12+,13+,14+;8-,9+,10+,11+,19?/m11/s1. The van der Waals surface area contributed by atoms with Crippen molar-refractivity contribution in [2.45, 2.75) is 139 Å². The van der Waals surface area contributed by atoms with E-state index in [-0.39, 0.29) is 51.2 Å². The topological polar surface area (TPSA) is 170 Å². The molecule has 0 aromatic carbocycles. The Morgan fingerprint density at radius 2 is 1.39 bits per heavy atom. The lowest BCUT2D eigenvalue weighted by Crippen LogP contribution is -2.53. The predicted octanol–water partition coefficient (Wildman–Crippen LogP) is 3.30. The number of piperidine rings is 2. The Labute approximate surface area is 269 Å². The average Bonchev–Trinajstić information content (AvgIpc) is 3.77. The van der Waals surface area contributed by atoms with Crippen molar-refractivity contribution in [2.24, 2.45) is 17.6 Å². The first-order valence-electron chi connectivity index (χ1n) is 15.4. The molecule has 2 heterocycles. The zero-order valence-corrected chi connectivity index (χ0v) is 29.2. The third kappa shape index (κ3) is 9.58. The number of hydrogen-bond donors (Lipinski definition) is 2. The minimum Gasteiger partial charge on any atom is -0.444 e. The Morgan fingerprint density at radius 1 is 0.909 bits per heavy atom. The van der Waals surface area contributed by atoms with E-state index < -0.39 is 34.6 Å². The van der Waals surface area contributed by atoms with Crippen molar-refractivity contribution >= 4 is 40.5 Å². The Balaban J connectivity index is 0.000000249. The summed E-state index contributed by atoms with van der Waals surface area (Å²) in [5.74, 6) is 1.16. The number of ether oxygens (including phenoxy) is 1. The van der Waals surface area contributed by atoms with Gasteiger partial charge in [0, 0.05) is 43.9 Å². The molecule has 4 aliphatic rings. The van der Waals surface area contributed by atoms with Crippen molar-refractivity contribution in [3.8, 4) is 12.1 Å². The lowest BCUT2D eigenvalue weighted by atomic mass is 10.1. The van der Waals surface area contributed by atoms with Crippen LogP contribution in [0.2, 0.25) is 0 Å². The first kappa shape index (κ1) is 36.1. The van der Waals surface area contributed by atoms with Crippen molar-refractivity contribution in [2.75, 3.05) is 11.5 Å². The predicted molar refractivity (Wildman–Crippen MR) is 172 cm³/mol. The highest BCUT2D eigenvalue weighted by Gasteiger charge is 2.56. The molecule has 2 aliphatic heterocycles. The second-order valence-corrected chi connectivity index (χ2v) is 19.3. The fourth-order valence-electron chi connectivity index (χ4n) is 5.59. The van der Waals surface area contributed by atoms with Crippen LogP contribution in [-0.2, 0) is 25.1 Å². The van der Waals surface area contributed by atoms with Crippen molar-refractivity contribution in [3.63, 3.8) is 0 Å². The van der Waals surface area contributed by atoms with E-state index in [2.05, 4.69) is 38.2 Å². The van der Waals surface area contributed by atoms with E-state index in [4.69, 9.17) is 15.7 Å². The maximum Gasteiger partial charge on any atom is 0.408 e. The molecule has 2 saturated carbocycles. The first-order chi connectivity index (χ1) is 20.2. The first-order valence-corrected chi connectivity index (χ1v) is 17.7. The van der Waals surface area contributed by atoms with E-state index in [1.54, 1.807) is 42.3 Å². The van der Waals surface area contributed by atoms with Gasteiger partial charge in [-0.05, 0) is 79.1 Å². The molecule has 0 aromatic heterocycles. The molecule has 0 spiro atoms. The van der Waals surface area contributed by atoms with E-state index in [0.29, 0.717) is 17.6 Å². The average molecular weight is 651 g/mol. The smallest absolute Gasteiger partial charge is 0.408 e. The van der Waals surface area contributed by atoms with Gasteiger partial charge in [-0.25, -0.2) is 4.79 Å². The summed E-state index contributed by atoms with van der Waals surface area (Å²) >= 11 is 1.61. The highest BCUT2D eigenvalue weighted by molar-refractivity contribution is 8.00. The number of nitriles is 2. The number of amides is 3. The summed E-state index contributed by atoms with van der Waals surface area (Å²) in [6, 6.07) is 2.59. The third-order valence-corrected chi connectivity index (χ3v) is 11.4. The lowest BCUT2D eigenvalue weighted by molar-refractivity contribution is -0.134. The van der Waals surface area contributed by atoms with Gasteiger partial charge in [-0.3, -0.25) is 13.8 Å². The molecule has 2 saturated heterocycles. The quantitative estimate of drug-likeness (QED) is 0.420. The summed E-state index contributed by atoms with van der Waals surface area (Å²) in [6.45, 7) is 17.2. The number of alkyl carbamates (subject to hydrolysis) is 1. The van der Waals surface area contributed by atoms with Crippen LogP contribution in [0.25, 0.3) is 0 Å². The number of likely N-dealkylation sites (tertiary alicyclic amines) is 2. The maximum atomic E-state index is 13.1. The molecule has 13 heteroatoms. The number of fused-ring (bicyclic) bond motifs is 2. The molecular weight excluding hydrogens is 601 g/mol. The van der Waals surface area contributed by atoms with Gasteiger partial charge in [-0.2, -0.15) is 22.3 Å². The molecule has 3 amide bonds. The number of carbonyl (C=O) groups excluding carboxylic acids is 3. The maximum absolute atomic E-state index is 13.1. The van der Waals surface area contributed by atoms with Crippen LogP contribution in [0.5, 0.6) is 0 Å². The minimum absolute atomic E-state index is 0.0318. The van der Waals surface area contributed by atoms with Crippen LogP contribution >= 0.6 is 11.8 Å². The molecule has 3 N–H and O–H groups in total. The summed E-state index contributed by atoms with van der Waals surface area (Å²) < 4.78 is 16.9. The number of nitrogens with two attached hydrogens (primary N) is 1. The number of hydrogen-bond acceptors (Lipinski definition) is 9. The molecule has 4 rings (SSSR count). The van der Waals surface area contributed by atoms with Gasteiger partial charge in [0.1, 0.15) is 23.7 Å². The van der Waals surface area contributed by atoms with Crippen molar-refractivity contribution < 1.29 is 23.3 Å². The van der Waals surface area contributed by atoms with Crippen molar-refractivity contribution in [1.29, 1.82) is 10.5 Å². The number of nitrogens with one attached hydrogen (secondary N) is 1. The number of rotatable bonds is 7. The van der Waals surface area contributed by atoms with Gasteiger partial charge in [0.25, 0.3) is 0 Å².